The van der Waals surface area contributed by atoms with Gasteiger partial charge in [0.1, 0.15) is 11.5 Å². The molecule has 9 nitrogen and oxygen atoms in total. The maximum atomic E-state index is 13.7. The minimum atomic E-state index is -5.03. The van der Waals surface area contributed by atoms with E-state index in [0.29, 0.717) is 12.1 Å². The van der Waals surface area contributed by atoms with E-state index in [1.54, 1.807) is 0 Å². The first-order valence-electron chi connectivity index (χ1n) is 8.86. The van der Waals surface area contributed by atoms with Crippen LogP contribution in [0.25, 0.3) is 0 Å². The number of hydrogen-bond donors (Lipinski definition) is 4. The molecule has 0 unspecified atom stereocenters. The number of rotatable bonds is 5. The second-order valence-corrected chi connectivity index (χ2v) is 6.14. The molecule has 0 spiro atoms. The number of halogens is 6. The van der Waals surface area contributed by atoms with E-state index < -0.39 is 58.5 Å². The van der Waals surface area contributed by atoms with Crippen molar-refractivity contribution in [3.8, 4) is 0 Å². The molecule has 0 aliphatic carbocycles. The van der Waals surface area contributed by atoms with E-state index in [4.69, 9.17) is 11.1 Å². The van der Waals surface area contributed by atoms with Crippen molar-refractivity contribution >= 4 is 35.1 Å². The lowest BCUT2D eigenvalue weighted by molar-refractivity contribution is -0.0576. The molecule has 180 valence electrons. The number of alkyl carbamates (subject to hydrolysis) is 1. The molecule has 0 aliphatic rings. The highest BCUT2D eigenvalue weighted by Crippen LogP contribution is 2.24. The zero-order valence-electron chi connectivity index (χ0n) is 16.9. The quantitative estimate of drug-likeness (QED) is 0.220. The Hall–Kier alpha value is -4.43. The molecule has 2 amide bonds. The molecule has 34 heavy (non-hydrogen) atoms. The van der Waals surface area contributed by atoms with Crippen LogP contribution in [-0.4, -0.2) is 41.8 Å². The fourth-order valence-electron chi connectivity index (χ4n) is 2.14. The molecule has 0 atom stereocenters. The number of alkyl halides is 3. The average Bonchev–Trinajstić information content (AvgIpc) is 2.77. The van der Waals surface area contributed by atoms with Crippen LogP contribution in [0, 0.1) is 22.9 Å². The number of nitrogens with zero attached hydrogens (tertiary/aromatic N) is 2. The highest BCUT2D eigenvalue weighted by atomic mass is 19.4. The van der Waals surface area contributed by atoms with Crippen molar-refractivity contribution in [2.45, 2.75) is 6.18 Å². The van der Waals surface area contributed by atoms with Crippen molar-refractivity contribution in [2.75, 3.05) is 12.4 Å². The van der Waals surface area contributed by atoms with Crippen molar-refractivity contribution in [2.24, 2.45) is 10.7 Å². The number of allylic oxidation sites excluding steroid dienone is 1. The first kappa shape index (κ1) is 25.8. The molecular weight excluding hydrogens is 474 g/mol. The molecule has 0 bridgehead atoms. The maximum Gasteiger partial charge on any atom is 0.433 e. The fraction of sp³-hybridized carbons (Fsp3) is 0.105. The normalized spacial score (nSPS) is 12.2. The van der Waals surface area contributed by atoms with E-state index in [1.807, 2.05) is 5.32 Å². The second kappa shape index (κ2) is 10.5. The van der Waals surface area contributed by atoms with Gasteiger partial charge in [0.25, 0.3) is 5.91 Å². The number of nitrogens with one attached hydrogen (secondary N) is 3. The number of benzene rings is 1. The lowest BCUT2D eigenvalue weighted by Gasteiger charge is -2.10. The van der Waals surface area contributed by atoms with Crippen LogP contribution in [0.3, 0.4) is 0 Å². The zero-order valence-corrected chi connectivity index (χ0v) is 16.9. The summed E-state index contributed by atoms with van der Waals surface area (Å²) >= 11 is 0. The third-order valence-electron chi connectivity index (χ3n) is 3.76. The molecule has 0 aliphatic heterocycles. The van der Waals surface area contributed by atoms with Gasteiger partial charge in [-0.05, 0) is 30.3 Å². The molecule has 1 aromatic heterocycles. The van der Waals surface area contributed by atoms with Gasteiger partial charge in [-0.15, -0.1) is 0 Å². The molecular formula is C19H14F6N6O3. The van der Waals surface area contributed by atoms with Gasteiger partial charge < -0.3 is 21.1 Å². The fourth-order valence-corrected chi connectivity index (χ4v) is 2.14. The number of anilines is 1. The number of carbonyl (C=O) groups excluding carboxylic acids is 2. The smallest absolute Gasteiger partial charge is 0.394 e. The van der Waals surface area contributed by atoms with Crippen LogP contribution in [0.4, 0.5) is 42.6 Å². The summed E-state index contributed by atoms with van der Waals surface area (Å²) in [4.78, 5) is 30.0. The number of ether oxygens (including phenoxy) is 1. The first-order chi connectivity index (χ1) is 15.8. The van der Waals surface area contributed by atoms with Crippen LogP contribution in [0.5, 0.6) is 0 Å². The van der Waals surface area contributed by atoms with Crippen molar-refractivity contribution in [3.05, 3.63) is 65.3 Å². The van der Waals surface area contributed by atoms with E-state index in [2.05, 4.69) is 20.0 Å². The topological polar surface area (TPSA) is 143 Å². The summed E-state index contributed by atoms with van der Waals surface area (Å²) < 4.78 is 84.2. The van der Waals surface area contributed by atoms with Crippen molar-refractivity contribution < 1.29 is 40.7 Å². The van der Waals surface area contributed by atoms with Gasteiger partial charge in [0, 0.05) is 7.05 Å². The van der Waals surface area contributed by atoms with Crippen molar-refractivity contribution in [1.82, 2.24) is 10.3 Å². The minimum absolute atomic E-state index is 0.257. The molecule has 1 aromatic carbocycles. The monoisotopic (exact) mass is 488 g/mol. The van der Waals surface area contributed by atoms with Gasteiger partial charge >= 0.3 is 12.3 Å². The van der Waals surface area contributed by atoms with Gasteiger partial charge in [0.2, 0.25) is 5.90 Å². The van der Waals surface area contributed by atoms with Gasteiger partial charge in [0.15, 0.2) is 17.5 Å². The number of aliphatic imine (C=N–C) groups is 1. The third-order valence-corrected chi connectivity index (χ3v) is 3.76. The Morgan fingerprint density at radius 3 is 2.38 bits per heavy atom. The van der Waals surface area contributed by atoms with E-state index in [-0.39, 0.29) is 17.6 Å². The summed E-state index contributed by atoms with van der Waals surface area (Å²) in [6.45, 7) is 0. The highest BCUT2D eigenvalue weighted by molar-refractivity contribution is 6.08. The number of pyridine rings is 1. The highest BCUT2D eigenvalue weighted by Gasteiger charge is 2.35. The minimum Gasteiger partial charge on any atom is -0.394 e. The number of amides is 2. The lowest BCUT2D eigenvalue weighted by atomic mass is 10.2. The number of nitrogens with two attached hydrogens (primary N) is 1. The Balaban J connectivity index is 2.25. The van der Waals surface area contributed by atoms with Crippen LogP contribution in [-0.2, 0) is 4.74 Å². The van der Waals surface area contributed by atoms with Crippen LogP contribution in [0.15, 0.2) is 47.2 Å². The molecule has 1 heterocycles. The molecule has 5 N–H and O–H groups in total. The van der Waals surface area contributed by atoms with Gasteiger partial charge in [-0.3, -0.25) is 10.2 Å². The average molecular weight is 488 g/mol. The second-order valence-electron chi connectivity index (χ2n) is 6.14. The Bertz CT molecular complexity index is 1180. The maximum absolute atomic E-state index is 13.7. The third kappa shape index (κ3) is 6.54. The first-order valence-corrected chi connectivity index (χ1v) is 8.86. The van der Waals surface area contributed by atoms with Gasteiger partial charge in [0.05, 0.1) is 23.1 Å². The van der Waals surface area contributed by atoms with E-state index in [9.17, 15) is 35.9 Å². The Kier molecular flexibility index (Phi) is 7.94. The molecule has 2 aromatic rings. The summed E-state index contributed by atoms with van der Waals surface area (Å²) in [6, 6.07) is 3.23. The van der Waals surface area contributed by atoms with Crippen molar-refractivity contribution in [3.63, 3.8) is 0 Å². The summed E-state index contributed by atoms with van der Waals surface area (Å²) in [5, 5.41) is 11.4. The van der Waals surface area contributed by atoms with Gasteiger partial charge in [-0.25, -0.2) is 27.9 Å². The summed E-state index contributed by atoms with van der Waals surface area (Å²) in [5.41, 5.74) is 1.72. The predicted octanol–water partition coefficient (Wildman–Crippen LogP) is 3.56. The largest absolute Gasteiger partial charge is 0.433 e. The molecule has 0 saturated carbocycles. The number of hydrogen-bond acceptors (Lipinski definition) is 7. The molecule has 0 saturated heterocycles. The van der Waals surface area contributed by atoms with E-state index in [1.165, 1.54) is 0 Å². The zero-order chi connectivity index (χ0) is 25.6. The van der Waals surface area contributed by atoms with Crippen molar-refractivity contribution in [1.29, 1.82) is 5.41 Å². The van der Waals surface area contributed by atoms with Crippen LogP contribution < -0.4 is 16.4 Å². The Morgan fingerprint density at radius 1 is 1.15 bits per heavy atom. The predicted molar refractivity (Wildman–Crippen MR) is 107 cm³/mol. The van der Waals surface area contributed by atoms with Crippen LogP contribution in [0.1, 0.15) is 10.4 Å². The standard InChI is InChI=1S/C19H14F6N6O3/c1-28-18(33)34-16(27)11(26)6-12(19(23,24)25)30-8-2-5-13(29-7-8)31-17(32)9-3-4-10(20)15(22)14(9)21/h2-7,27H,26H2,1H3,(H,28,33)(H,29,31,32)/b11-6-,27-16?,30-12?. The number of carbonyl (C=O) groups is 2. The Morgan fingerprint density at radius 2 is 1.82 bits per heavy atom. The SMILES string of the molecule is CNC(=O)OC(=N)/C(N)=C/C(=Nc1ccc(NC(=O)c2ccc(F)c(F)c2F)nc1)C(F)(F)F. The Labute approximate surface area is 186 Å². The van der Waals surface area contributed by atoms with E-state index >= 15 is 0 Å². The summed E-state index contributed by atoms with van der Waals surface area (Å²) in [7, 11) is 1.16. The molecule has 0 fully saturated rings. The molecule has 0 radical (unpaired) electrons. The summed E-state index contributed by atoms with van der Waals surface area (Å²) in [6.07, 6.45) is -5.10. The summed E-state index contributed by atoms with van der Waals surface area (Å²) in [5.74, 6) is -7.61. The van der Waals surface area contributed by atoms with Crippen LogP contribution >= 0.6 is 0 Å². The molecule has 2 rings (SSSR count). The lowest BCUT2D eigenvalue weighted by Crippen LogP contribution is -2.28. The van der Waals surface area contributed by atoms with Crippen LogP contribution in [0.2, 0.25) is 0 Å². The van der Waals surface area contributed by atoms with E-state index in [0.717, 1.165) is 25.4 Å². The molecule has 15 heteroatoms. The number of aromatic nitrogens is 1. The van der Waals surface area contributed by atoms with Gasteiger partial charge in [-0.1, -0.05) is 0 Å². The van der Waals surface area contributed by atoms with Gasteiger partial charge in [-0.2, -0.15) is 13.2 Å².